The molecule has 12 heavy (non-hydrogen) atoms. The van der Waals surface area contributed by atoms with Gasteiger partial charge in [0.15, 0.2) is 0 Å². The van der Waals surface area contributed by atoms with E-state index in [1.165, 1.54) is 19.3 Å². The van der Waals surface area contributed by atoms with Gasteiger partial charge >= 0.3 is 0 Å². The minimum absolute atomic E-state index is 0.0816. The fraction of sp³-hybridized carbons (Fsp3) is 1.00. The van der Waals surface area contributed by atoms with Gasteiger partial charge in [0.1, 0.15) is 6.17 Å². The molecule has 0 aliphatic carbocycles. The van der Waals surface area contributed by atoms with E-state index in [9.17, 15) is 4.39 Å². The molecule has 1 heterocycles. The Labute approximate surface area is 74.3 Å². The molecule has 2 unspecified atom stereocenters. The molecule has 1 rings (SSSR count). The molecular weight excluding hydrogens is 155 g/mol. The average Bonchev–Trinajstić information content (AvgIpc) is 2.46. The van der Waals surface area contributed by atoms with Crippen molar-refractivity contribution < 1.29 is 9.13 Å². The van der Waals surface area contributed by atoms with Crippen LogP contribution in [-0.2, 0) is 4.74 Å². The summed E-state index contributed by atoms with van der Waals surface area (Å²) >= 11 is 0. The van der Waals surface area contributed by atoms with E-state index >= 15 is 0 Å². The molecule has 0 bridgehead atoms. The zero-order valence-electron chi connectivity index (χ0n) is 7.89. The number of halogens is 1. The fourth-order valence-electron chi connectivity index (χ4n) is 1.66. The van der Waals surface area contributed by atoms with Gasteiger partial charge in [0.05, 0.1) is 6.10 Å². The Morgan fingerprint density at radius 2 is 2.17 bits per heavy atom. The molecule has 0 aromatic heterocycles. The van der Waals surface area contributed by atoms with E-state index in [0.29, 0.717) is 13.0 Å². The number of hydrogen-bond donors (Lipinski definition) is 0. The lowest BCUT2D eigenvalue weighted by atomic mass is 10.1. The molecule has 1 fully saturated rings. The maximum absolute atomic E-state index is 13.0. The van der Waals surface area contributed by atoms with Crippen molar-refractivity contribution in [1.82, 2.24) is 0 Å². The summed E-state index contributed by atoms with van der Waals surface area (Å²) < 4.78 is 18.2. The van der Waals surface area contributed by atoms with Crippen molar-refractivity contribution in [2.24, 2.45) is 0 Å². The first-order valence-corrected chi connectivity index (χ1v) is 5.10. The highest BCUT2D eigenvalue weighted by Crippen LogP contribution is 2.21. The molecule has 0 aromatic carbocycles. The van der Waals surface area contributed by atoms with Crippen LogP contribution >= 0.6 is 0 Å². The maximum atomic E-state index is 13.0. The van der Waals surface area contributed by atoms with Crippen LogP contribution in [0.3, 0.4) is 0 Å². The van der Waals surface area contributed by atoms with Crippen LogP contribution in [-0.4, -0.2) is 18.9 Å². The van der Waals surface area contributed by atoms with Crippen molar-refractivity contribution in [2.75, 3.05) is 6.61 Å². The average molecular weight is 174 g/mol. The van der Waals surface area contributed by atoms with Gasteiger partial charge in [-0.2, -0.15) is 0 Å². The van der Waals surface area contributed by atoms with Crippen LogP contribution in [0, 0.1) is 0 Å². The molecule has 0 spiro atoms. The van der Waals surface area contributed by atoms with E-state index in [-0.39, 0.29) is 6.10 Å². The zero-order chi connectivity index (χ0) is 8.81. The number of unbranched alkanes of at least 4 members (excludes halogenated alkanes) is 3. The van der Waals surface area contributed by atoms with Gasteiger partial charge in [-0.05, 0) is 6.42 Å². The van der Waals surface area contributed by atoms with Crippen LogP contribution in [0.2, 0.25) is 0 Å². The monoisotopic (exact) mass is 174 g/mol. The number of rotatable bonds is 5. The molecular formula is C10H19FO. The Balaban J connectivity index is 1.98. The Morgan fingerprint density at radius 1 is 1.33 bits per heavy atom. The van der Waals surface area contributed by atoms with Crippen LogP contribution in [0.4, 0.5) is 4.39 Å². The Bertz CT molecular complexity index is 116. The van der Waals surface area contributed by atoms with Gasteiger partial charge in [0.25, 0.3) is 0 Å². The van der Waals surface area contributed by atoms with Crippen LogP contribution in [0.15, 0.2) is 0 Å². The Hall–Kier alpha value is -0.110. The molecule has 2 atom stereocenters. The second-order valence-corrected chi connectivity index (χ2v) is 3.56. The number of hydrogen-bond acceptors (Lipinski definition) is 1. The molecule has 1 saturated heterocycles. The molecule has 72 valence electrons. The van der Waals surface area contributed by atoms with Crippen molar-refractivity contribution in [3.63, 3.8) is 0 Å². The quantitative estimate of drug-likeness (QED) is 0.582. The second kappa shape index (κ2) is 5.52. The maximum Gasteiger partial charge on any atom is 0.128 e. The van der Waals surface area contributed by atoms with E-state index in [2.05, 4.69) is 6.92 Å². The van der Waals surface area contributed by atoms with Crippen LogP contribution in [0.25, 0.3) is 0 Å². The summed E-state index contributed by atoms with van der Waals surface area (Å²) in [5, 5.41) is 0. The molecule has 0 N–H and O–H groups in total. The van der Waals surface area contributed by atoms with Crippen molar-refractivity contribution in [3.05, 3.63) is 0 Å². The summed E-state index contributed by atoms with van der Waals surface area (Å²) in [4.78, 5) is 0. The van der Waals surface area contributed by atoms with Crippen LogP contribution in [0.1, 0.15) is 45.4 Å². The molecule has 0 saturated carbocycles. The smallest absolute Gasteiger partial charge is 0.128 e. The van der Waals surface area contributed by atoms with Crippen molar-refractivity contribution in [3.8, 4) is 0 Å². The largest absolute Gasteiger partial charge is 0.375 e. The molecule has 0 aromatic rings. The van der Waals surface area contributed by atoms with Gasteiger partial charge in [-0.25, -0.2) is 4.39 Å². The minimum Gasteiger partial charge on any atom is -0.375 e. The standard InChI is InChI=1S/C10H19FO/c1-2-3-4-5-6-10-9(11)7-8-12-10/h9-10H,2-8H2,1H3. The zero-order valence-corrected chi connectivity index (χ0v) is 7.89. The van der Waals surface area contributed by atoms with E-state index in [1.807, 2.05) is 0 Å². The highest BCUT2D eigenvalue weighted by Gasteiger charge is 2.26. The first-order chi connectivity index (χ1) is 5.84. The van der Waals surface area contributed by atoms with Gasteiger partial charge in [-0.3, -0.25) is 0 Å². The van der Waals surface area contributed by atoms with E-state index in [1.54, 1.807) is 0 Å². The van der Waals surface area contributed by atoms with Crippen molar-refractivity contribution in [2.45, 2.75) is 57.7 Å². The molecule has 1 aliphatic heterocycles. The predicted molar refractivity (Wildman–Crippen MR) is 48.0 cm³/mol. The van der Waals surface area contributed by atoms with Gasteiger partial charge in [0, 0.05) is 13.0 Å². The number of ether oxygens (including phenoxy) is 1. The van der Waals surface area contributed by atoms with Gasteiger partial charge in [-0.15, -0.1) is 0 Å². The molecule has 0 radical (unpaired) electrons. The summed E-state index contributed by atoms with van der Waals surface area (Å²) in [6.45, 7) is 2.81. The lowest BCUT2D eigenvalue weighted by molar-refractivity contribution is 0.0689. The highest BCUT2D eigenvalue weighted by molar-refractivity contribution is 4.75. The van der Waals surface area contributed by atoms with Crippen molar-refractivity contribution in [1.29, 1.82) is 0 Å². The van der Waals surface area contributed by atoms with Crippen LogP contribution < -0.4 is 0 Å². The minimum atomic E-state index is -0.688. The lowest BCUT2D eigenvalue weighted by Crippen LogP contribution is -2.16. The van der Waals surface area contributed by atoms with Gasteiger partial charge in [-0.1, -0.05) is 32.6 Å². The topological polar surface area (TPSA) is 9.23 Å². The summed E-state index contributed by atoms with van der Waals surface area (Å²) in [5.74, 6) is 0. The Kier molecular flexibility index (Phi) is 4.59. The number of alkyl halides is 1. The third kappa shape index (κ3) is 3.10. The van der Waals surface area contributed by atoms with E-state index in [0.717, 1.165) is 12.8 Å². The SMILES string of the molecule is CCCCCCC1OCCC1F. The summed E-state index contributed by atoms with van der Waals surface area (Å²) in [7, 11) is 0. The predicted octanol–water partition coefficient (Wildman–Crippen LogP) is 3.08. The first kappa shape index (κ1) is 9.97. The highest BCUT2D eigenvalue weighted by atomic mass is 19.1. The first-order valence-electron chi connectivity index (χ1n) is 5.10. The third-order valence-corrected chi connectivity index (χ3v) is 2.47. The summed E-state index contributed by atoms with van der Waals surface area (Å²) in [6, 6.07) is 0. The second-order valence-electron chi connectivity index (χ2n) is 3.56. The fourth-order valence-corrected chi connectivity index (χ4v) is 1.66. The molecule has 2 heteroatoms. The molecule has 0 amide bonds. The van der Waals surface area contributed by atoms with Gasteiger partial charge in [0.2, 0.25) is 0 Å². The van der Waals surface area contributed by atoms with Crippen LogP contribution in [0.5, 0.6) is 0 Å². The van der Waals surface area contributed by atoms with Crippen molar-refractivity contribution >= 4 is 0 Å². The lowest BCUT2D eigenvalue weighted by Gasteiger charge is -2.10. The molecule has 1 nitrogen and oxygen atoms in total. The summed E-state index contributed by atoms with van der Waals surface area (Å²) in [5.41, 5.74) is 0. The van der Waals surface area contributed by atoms with E-state index < -0.39 is 6.17 Å². The normalized spacial score (nSPS) is 29.5. The van der Waals surface area contributed by atoms with E-state index in [4.69, 9.17) is 4.74 Å². The molecule has 1 aliphatic rings. The Morgan fingerprint density at radius 3 is 2.75 bits per heavy atom. The summed E-state index contributed by atoms with van der Waals surface area (Å²) in [6.07, 6.45) is 5.61. The third-order valence-electron chi connectivity index (χ3n) is 2.47. The van der Waals surface area contributed by atoms with Gasteiger partial charge < -0.3 is 4.74 Å².